The molecule has 1 aromatic heterocycles. The zero-order chi connectivity index (χ0) is 13.5. The van der Waals surface area contributed by atoms with Crippen molar-refractivity contribution < 1.29 is 4.79 Å². The summed E-state index contributed by atoms with van der Waals surface area (Å²) in [5.74, 6) is 0.151. The number of thiophene rings is 1. The number of hydrogen-bond donors (Lipinski definition) is 1. The van der Waals surface area contributed by atoms with Crippen LogP contribution in [-0.2, 0) is 19.4 Å². The van der Waals surface area contributed by atoms with Crippen molar-refractivity contribution in [1.82, 2.24) is 4.90 Å². The van der Waals surface area contributed by atoms with E-state index in [0.29, 0.717) is 0 Å². The minimum atomic E-state index is 0.151. The number of amides is 1. The number of nitrogens with zero attached hydrogens (tertiary/aromatic N) is 1. The maximum Gasteiger partial charge on any atom is 0.254 e. The molecule has 0 unspecified atom stereocenters. The van der Waals surface area contributed by atoms with E-state index in [1.807, 2.05) is 17.0 Å². The van der Waals surface area contributed by atoms with Gasteiger partial charge in [0.1, 0.15) is 0 Å². The Kier molecular flexibility index (Phi) is 2.77. The summed E-state index contributed by atoms with van der Waals surface area (Å²) < 4.78 is 0. The van der Waals surface area contributed by atoms with Crippen molar-refractivity contribution in [3.8, 4) is 0 Å². The molecule has 0 spiro atoms. The fourth-order valence-electron chi connectivity index (χ4n) is 3.03. The van der Waals surface area contributed by atoms with Crippen LogP contribution in [0.2, 0.25) is 0 Å². The average molecular weight is 284 g/mol. The second-order valence-electron chi connectivity index (χ2n) is 5.39. The van der Waals surface area contributed by atoms with Crippen LogP contribution >= 0.6 is 11.3 Å². The van der Waals surface area contributed by atoms with E-state index in [1.165, 1.54) is 16.0 Å². The molecule has 3 nitrogen and oxygen atoms in total. The van der Waals surface area contributed by atoms with Gasteiger partial charge in [-0.05, 0) is 47.5 Å². The summed E-state index contributed by atoms with van der Waals surface area (Å²) in [7, 11) is 0. The lowest BCUT2D eigenvalue weighted by Crippen LogP contribution is -2.35. The number of carbonyl (C=O) groups is 1. The maximum atomic E-state index is 12.6. The Labute approximate surface area is 122 Å². The fraction of sp³-hybridized carbons (Fsp3) is 0.312. The number of anilines is 1. The molecule has 0 radical (unpaired) electrons. The third kappa shape index (κ3) is 1.91. The lowest BCUT2D eigenvalue weighted by atomic mass is 10.1. The van der Waals surface area contributed by atoms with Crippen molar-refractivity contribution in [3.63, 3.8) is 0 Å². The molecule has 0 saturated carbocycles. The van der Waals surface area contributed by atoms with Crippen molar-refractivity contribution in [2.75, 3.05) is 18.4 Å². The van der Waals surface area contributed by atoms with E-state index in [4.69, 9.17) is 0 Å². The van der Waals surface area contributed by atoms with Crippen molar-refractivity contribution in [3.05, 3.63) is 51.2 Å². The second-order valence-corrected chi connectivity index (χ2v) is 6.40. The van der Waals surface area contributed by atoms with Gasteiger partial charge in [-0.1, -0.05) is 6.07 Å². The van der Waals surface area contributed by atoms with E-state index >= 15 is 0 Å². The zero-order valence-electron chi connectivity index (χ0n) is 11.2. The van der Waals surface area contributed by atoms with Gasteiger partial charge in [0.05, 0.1) is 0 Å². The summed E-state index contributed by atoms with van der Waals surface area (Å²) in [5.41, 5.74) is 4.56. The first-order valence-corrected chi connectivity index (χ1v) is 7.90. The van der Waals surface area contributed by atoms with Gasteiger partial charge >= 0.3 is 0 Å². The Bertz CT molecular complexity index is 677. The Morgan fingerprint density at radius 3 is 3.10 bits per heavy atom. The SMILES string of the molecule is O=C(c1ccc2c(c1)NCC2)N1CCc2sccc2C1. The molecule has 0 bridgehead atoms. The summed E-state index contributed by atoms with van der Waals surface area (Å²) in [6, 6.07) is 8.21. The first kappa shape index (κ1) is 12.0. The highest BCUT2D eigenvalue weighted by atomic mass is 32.1. The Morgan fingerprint density at radius 1 is 1.20 bits per heavy atom. The highest BCUT2D eigenvalue weighted by Gasteiger charge is 2.23. The van der Waals surface area contributed by atoms with Crippen LogP contribution in [-0.4, -0.2) is 23.9 Å². The van der Waals surface area contributed by atoms with Gasteiger partial charge in [-0.2, -0.15) is 0 Å². The van der Waals surface area contributed by atoms with Crippen LogP contribution in [0, 0.1) is 0 Å². The molecule has 1 aromatic carbocycles. The molecule has 2 aromatic rings. The Hall–Kier alpha value is -1.81. The molecule has 0 atom stereocenters. The highest BCUT2D eigenvalue weighted by molar-refractivity contribution is 7.10. The molecule has 4 heteroatoms. The fourth-order valence-corrected chi connectivity index (χ4v) is 3.92. The van der Waals surface area contributed by atoms with Gasteiger partial charge in [-0.3, -0.25) is 4.79 Å². The van der Waals surface area contributed by atoms with Gasteiger partial charge in [-0.25, -0.2) is 0 Å². The predicted octanol–water partition coefficient (Wildman–Crippen LogP) is 2.91. The number of hydrogen-bond acceptors (Lipinski definition) is 3. The van der Waals surface area contributed by atoms with Gasteiger partial charge < -0.3 is 10.2 Å². The molecule has 0 aliphatic carbocycles. The van der Waals surface area contributed by atoms with Crippen molar-refractivity contribution in [2.24, 2.45) is 0 Å². The van der Waals surface area contributed by atoms with Crippen LogP contribution in [0.25, 0.3) is 0 Å². The molecule has 20 heavy (non-hydrogen) atoms. The van der Waals surface area contributed by atoms with Gasteiger partial charge in [0.2, 0.25) is 0 Å². The number of fused-ring (bicyclic) bond motifs is 2. The smallest absolute Gasteiger partial charge is 0.254 e. The molecule has 1 N–H and O–H groups in total. The normalized spacial score (nSPS) is 16.5. The predicted molar refractivity (Wildman–Crippen MR) is 81.4 cm³/mol. The summed E-state index contributed by atoms with van der Waals surface area (Å²) in [6.07, 6.45) is 2.05. The molecule has 2 aliphatic heterocycles. The molecule has 3 heterocycles. The summed E-state index contributed by atoms with van der Waals surface area (Å²) >= 11 is 1.80. The summed E-state index contributed by atoms with van der Waals surface area (Å²) in [5, 5.41) is 5.46. The Morgan fingerprint density at radius 2 is 2.15 bits per heavy atom. The summed E-state index contributed by atoms with van der Waals surface area (Å²) in [4.78, 5) is 16.0. The number of carbonyl (C=O) groups excluding carboxylic acids is 1. The topological polar surface area (TPSA) is 32.3 Å². The average Bonchev–Trinajstić information content (AvgIpc) is 3.13. The van der Waals surface area contributed by atoms with Gasteiger partial charge in [0.25, 0.3) is 5.91 Å². The lowest BCUT2D eigenvalue weighted by molar-refractivity contribution is 0.0736. The first-order valence-electron chi connectivity index (χ1n) is 7.02. The van der Waals surface area contributed by atoms with E-state index in [0.717, 1.165) is 43.7 Å². The maximum absolute atomic E-state index is 12.6. The number of rotatable bonds is 1. The minimum Gasteiger partial charge on any atom is -0.384 e. The van der Waals surface area contributed by atoms with Gasteiger partial charge in [0.15, 0.2) is 0 Å². The monoisotopic (exact) mass is 284 g/mol. The van der Waals surface area contributed by atoms with E-state index in [1.54, 1.807) is 11.3 Å². The summed E-state index contributed by atoms with van der Waals surface area (Å²) in [6.45, 7) is 2.56. The quantitative estimate of drug-likeness (QED) is 0.873. The van der Waals surface area contributed by atoms with E-state index in [9.17, 15) is 4.79 Å². The Balaban J connectivity index is 1.59. The number of nitrogens with one attached hydrogen (secondary N) is 1. The highest BCUT2D eigenvalue weighted by Crippen LogP contribution is 2.27. The lowest BCUT2D eigenvalue weighted by Gasteiger charge is -2.27. The molecule has 102 valence electrons. The van der Waals surface area contributed by atoms with Crippen molar-refractivity contribution in [1.29, 1.82) is 0 Å². The van der Waals surface area contributed by atoms with E-state index in [2.05, 4.69) is 22.8 Å². The van der Waals surface area contributed by atoms with Crippen LogP contribution in [0.4, 0.5) is 5.69 Å². The molecular weight excluding hydrogens is 268 g/mol. The van der Waals surface area contributed by atoms with Crippen LogP contribution in [0.3, 0.4) is 0 Å². The molecule has 4 rings (SSSR count). The standard InChI is InChI=1S/C16H16N2OS/c19-16(12-2-1-11-3-6-17-14(11)9-12)18-7-4-15-13(10-18)5-8-20-15/h1-2,5,8-9,17H,3-4,6-7,10H2. The van der Waals surface area contributed by atoms with Gasteiger partial charge in [0, 0.05) is 35.8 Å². The molecular formula is C16H16N2OS. The third-order valence-electron chi connectivity index (χ3n) is 4.16. The first-order chi connectivity index (χ1) is 9.81. The van der Waals surface area contributed by atoms with Crippen molar-refractivity contribution in [2.45, 2.75) is 19.4 Å². The van der Waals surface area contributed by atoms with Crippen molar-refractivity contribution >= 4 is 22.9 Å². The number of benzene rings is 1. The van der Waals surface area contributed by atoms with Crippen LogP contribution in [0.15, 0.2) is 29.6 Å². The van der Waals surface area contributed by atoms with E-state index < -0.39 is 0 Å². The van der Waals surface area contributed by atoms with Crippen LogP contribution in [0.1, 0.15) is 26.4 Å². The third-order valence-corrected chi connectivity index (χ3v) is 5.18. The van der Waals surface area contributed by atoms with Crippen LogP contribution in [0.5, 0.6) is 0 Å². The molecule has 1 amide bonds. The van der Waals surface area contributed by atoms with Crippen LogP contribution < -0.4 is 5.32 Å². The zero-order valence-corrected chi connectivity index (χ0v) is 12.0. The molecule has 0 fully saturated rings. The molecule has 2 aliphatic rings. The minimum absolute atomic E-state index is 0.151. The van der Waals surface area contributed by atoms with Gasteiger partial charge in [-0.15, -0.1) is 11.3 Å². The second kappa shape index (κ2) is 4.63. The largest absolute Gasteiger partial charge is 0.384 e. The molecule has 0 saturated heterocycles. The van der Waals surface area contributed by atoms with E-state index in [-0.39, 0.29) is 5.91 Å².